The lowest BCUT2D eigenvalue weighted by molar-refractivity contribution is 0.0482. The molecule has 0 bridgehead atoms. The molecule has 1 aromatic heterocycles. The van der Waals surface area contributed by atoms with Crippen molar-refractivity contribution in [3.63, 3.8) is 0 Å². The topological polar surface area (TPSA) is 34.5 Å². The molecule has 1 aliphatic heterocycles. The zero-order valence-corrected chi connectivity index (χ0v) is 17.3. The Kier molecular flexibility index (Phi) is 5.74. The number of aromatic nitrogens is 1. The first-order chi connectivity index (χ1) is 13.6. The fourth-order valence-corrected chi connectivity index (χ4v) is 4.75. The molecule has 0 N–H and O–H groups in total. The van der Waals surface area contributed by atoms with Gasteiger partial charge in [-0.1, -0.05) is 30.3 Å². The van der Waals surface area contributed by atoms with Gasteiger partial charge in [0.1, 0.15) is 6.61 Å². The number of hydrogen-bond acceptors (Lipinski definition) is 4. The largest absolute Gasteiger partial charge is 0.461 e. The Balaban J connectivity index is 1.68. The molecule has 1 aliphatic rings. The van der Waals surface area contributed by atoms with E-state index in [0.29, 0.717) is 12.2 Å². The lowest BCUT2D eigenvalue weighted by Gasteiger charge is -2.16. The predicted molar refractivity (Wildman–Crippen MR) is 116 cm³/mol. The number of rotatable bonds is 6. The van der Waals surface area contributed by atoms with Crippen molar-refractivity contribution < 1.29 is 9.53 Å². The van der Waals surface area contributed by atoms with Crippen LogP contribution in [0.4, 0.5) is 0 Å². The first-order valence-electron chi connectivity index (χ1n) is 9.71. The predicted octanol–water partition coefficient (Wildman–Crippen LogP) is 4.20. The van der Waals surface area contributed by atoms with E-state index in [1.165, 1.54) is 27.7 Å². The number of nitrogens with zero attached hydrogens (tertiary/aromatic N) is 2. The van der Waals surface area contributed by atoms with Gasteiger partial charge >= 0.3 is 5.97 Å². The molecule has 0 fully saturated rings. The number of likely N-dealkylation sites (N-methyl/N-ethyl adjacent to an activating group) is 1. The summed E-state index contributed by atoms with van der Waals surface area (Å²) in [7, 11) is 3.94. The lowest BCUT2D eigenvalue weighted by atomic mass is 10.1. The zero-order chi connectivity index (χ0) is 19.5. The van der Waals surface area contributed by atoms with E-state index in [2.05, 4.69) is 41.0 Å². The van der Waals surface area contributed by atoms with Crippen molar-refractivity contribution in [2.45, 2.75) is 18.7 Å². The number of fused-ring (bicyclic) bond motifs is 3. The molecule has 0 saturated carbocycles. The number of benzene rings is 2. The molecule has 3 aromatic rings. The van der Waals surface area contributed by atoms with Crippen LogP contribution < -0.4 is 0 Å². The molecule has 2 aromatic carbocycles. The second-order valence-corrected chi connectivity index (χ2v) is 8.58. The van der Waals surface area contributed by atoms with E-state index in [1.54, 1.807) is 0 Å². The highest BCUT2D eigenvalue weighted by Gasteiger charge is 2.21. The van der Waals surface area contributed by atoms with Crippen molar-refractivity contribution in [3.05, 3.63) is 70.9 Å². The van der Waals surface area contributed by atoms with Crippen LogP contribution in [0.1, 0.15) is 27.2 Å². The summed E-state index contributed by atoms with van der Waals surface area (Å²) in [6, 6.07) is 16.6. The summed E-state index contributed by atoms with van der Waals surface area (Å²) in [5.41, 5.74) is 5.94. The van der Waals surface area contributed by atoms with E-state index < -0.39 is 0 Å². The second kappa shape index (κ2) is 8.41. The summed E-state index contributed by atoms with van der Waals surface area (Å²) < 4.78 is 7.87. The number of hydrogen-bond donors (Lipinski definition) is 0. The minimum absolute atomic E-state index is 0.239. The van der Waals surface area contributed by atoms with Crippen LogP contribution in [0.2, 0.25) is 0 Å². The maximum Gasteiger partial charge on any atom is 0.338 e. The lowest BCUT2D eigenvalue weighted by Crippen LogP contribution is -2.20. The second-order valence-electron chi connectivity index (χ2n) is 7.47. The Labute approximate surface area is 170 Å². The number of carbonyl (C=O) groups is 1. The summed E-state index contributed by atoms with van der Waals surface area (Å²) in [6.45, 7) is 2.00. The van der Waals surface area contributed by atoms with E-state index in [9.17, 15) is 4.79 Å². The molecule has 0 radical (unpaired) electrons. The highest BCUT2D eigenvalue weighted by Crippen LogP contribution is 2.35. The molecule has 0 saturated heterocycles. The third-order valence-corrected chi connectivity index (χ3v) is 6.19. The summed E-state index contributed by atoms with van der Waals surface area (Å²) in [4.78, 5) is 14.5. The van der Waals surface area contributed by atoms with Crippen molar-refractivity contribution in [1.29, 1.82) is 0 Å². The smallest absolute Gasteiger partial charge is 0.338 e. The van der Waals surface area contributed by atoms with Gasteiger partial charge in [0.25, 0.3) is 0 Å². The SMILES string of the molecule is CN(C)CCOC(=O)c1ccc2c(c1)c1c(n2Cc2ccccc2)CCSC1. The van der Waals surface area contributed by atoms with E-state index in [4.69, 9.17) is 4.74 Å². The molecule has 4 rings (SSSR count). The van der Waals surface area contributed by atoms with Gasteiger partial charge in [-0.2, -0.15) is 11.8 Å². The van der Waals surface area contributed by atoms with Gasteiger partial charge < -0.3 is 14.2 Å². The molecule has 0 aliphatic carbocycles. The van der Waals surface area contributed by atoms with Crippen LogP contribution >= 0.6 is 11.8 Å². The Morgan fingerprint density at radius 2 is 2.00 bits per heavy atom. The number of ether oxygens (including phenoxy) is 1. The number of esters is 1. The maximum absolute atomic E-state index is 12.5. The fourth-order valence-electron chi connectivity index (χ4n) is 3.74. The van der Waals surface area contributed by atoms with E-state index in [0.717, 1.165) is 31.0 Å². The number of thioether (sulfide) groups is 1. The normalized spacial score (nSPS) is 13.7. The van der Waals surface area contributed by atoms with Gasteiger partial charge in [0.15, 0.2) is 0 Å². The van der Waals surface area contributed by atoms with E-state index in [1.807, 2.05) is 42.9 Å². The standard InChI is InChI=1S/C23H26N2O2S/c1-24(2)11-12-27-23(26)18-8-9-21-19(14-18)20-16-28-13-10-22(20)25(21)15-17-6-4-3-5-7-17/h3-9,14H,10-13,15-16H2,1-2H3. The van der Waals surface area contributed by atoms with Crippen molar-refractivity contribution in [2.24, 2.45) is 0 Å². The molecular weight excluding hydrogens is 368 g/mol. The Bertz CT molecular complexity index is 979. The maximum atomic E-state index is 12.5. The highest BCUT2D eigenvalue weighted by atomic mass is 32.2. The quantitative estimate of drug-likeness (QED) is 0.587. The van der Waals surface area contributed by atoms with Crippen LogP contribution in [-0.2, 0) is 23.5 Å². The molecule has 4 nitrogen and oxygen atoms in total. The molecule has 2 heterocycles. The van der Waals surface area contributed by atoms with Crippen LogP contribution in [0.15, 0.2) is 48.5 Å². The molecular formula is C23H26N2O2S. The van der Waals surface area contributed by atoms with Gasteiger partial charge in [0.2, 0.25) is 0 Å². The van der Waals surface area contributed by atoms with Gasteiger partial charge in [-0.3, -0.25) is 0 Å². The van der Waals surface area contributed by atoms with Gasteiger partial charge in [0.05, 0.1) is 5.56 Å². The first kappa shape index (κ1) is 19.1. The Morgan fingerprint density at radius 1 is 1.18 bits per heavy atom. The van der Waals surface area contributed by atoms with Gasteiger partial charge in [-0.05, 0) is 55.6 Å². The van der Waals surface area contributed by atoms with Gasteiger partial charge in [0, 0.05) is 35.4 Å². The molecule has 0 atom stereocenters. The monoisotopic (exact) mass is 394 g/mol. The molecule has 0 amide bonds. The molecule has 28 heavy (non-hydrogen) atoms. The highest BCUT2D eigenvalue weighted by molar-refractivity contribution is 7.98. The van der Waals surface area contributed by atoms with Crippen molar-refractivity contribution in [3.8, 4) is 0 Å². The summed E-state index contributed by atoms with van der Waals surface area (Å²) in [5, 5.41) is 1.19. The van der Waals surface area contributed by atoms with Crippen LogP contribution in [0.25, 0.3) is 10.9 Å². The third-order valence-electron chi connectivity index (χ3n) is 5.21. The van der Waals surface area contributed by atoms with E-state index >= 15 is 0 Å². The summed E-state index contributed by atoms with van der Waals surface area (Å²) in [5.74, 6) is 1.92. The molecule has 5 heteroatoms. The average Bonchev–Trinajstić information content (AvgIpc) is 3.02. The molecule has 0 spiro atoms. The van der Waals surface area contributed by atoms with Crippen molar-refractivity contribution in [1.82, 2.24) is 9.47 Å². The number of carbonyl (C=O) groups excluding carboxylic acids is 1. The zero-order valence-electron chi connectivity index (χ0n) is 16.5. The molecule has 0 unspecified atom stereocenters. The van der Waals surface area contributed by atoms with Crippen LogP contribution in [0.3, 0.4) is 0 Å². The van der Waals surface area contributed by atoms with E-state index in [-0.39, 0.29) is 5.97 Å². The van der Waals surface area contributed by atoms with Gasteiger partial charge in [-0.25, -0.2) is 4.79 Å². The Morgan fingerprint density at radius 3 is 2.79 bits per heavy atom. The van der Waals surface area contributed by atoms with Crippen molar-refractivity contribution in [2.75, 3.05) is 33.0 Å². The van der Waals surface area contributed by atoms with Gasteiger partial charge in [-0.15, -0.1) is 0 Å². The minimum atomic E-state index is -0.239. The van der Waals surface area contributed by atoms with Crippen LogP contribution in [0, 0.1) is 0 Å². The van der Waals surface area contributed by atoms with Crippen LogP contribution in [-0.4, -0.2) is 48.4 Å². The van der Waals surface area contributed by atoms with Crippen molar-refractivity contribution >= 4 is 28.6 Å². The molecule has 146 valence electrons. The Hall–Kier alpha value is -2.24. The third kappa shape index (κ3) is 3.96. The average molecular weight is 395 g/mol. The summed E-state index contributed by atoms with van der Waals surface area (Å²) in [6.07, 6.45) is 1.07. The van der Waals surface area contributed by atoms with Crippen LogP contribution in [0.5, 0.6) is 0 Å². The summed E-state index contributed by atoms with van der Waals surface area (Å²) >= 11 is 1.97. The fraction of sp³-hybridized carbons (Fsp3) is 0.348. The first-order valence-corrected chi connectivity index (χ1v) is 10.9. The minimum Gasteiger partial charge on any atom is -0.461 e.